The van der Waals surface area contributed by atoms with Crippen LogP contribution in [0.5, 0.6) is 0 Å². The first-order valence-corrected chi connectivity index (χ1v) is 7.27. The molecule has 0 amide bonds. The molecule has 0 bridgehead atoms. The zero-order valence-electron chi connectivity index (χ0n) is 13.7. The number of rotatable bonds is 5. The van der Waals surface area contributed by atoms with Crippen LogP contribution in [0.15, 0.2) is 12.4 Å². The number of hydrogen-bond acceptors (Lipinski definition) is 6. The van der Waals surface area contributed by atoms with Gasteiger partial charge in [0.1, 0.15) is 0 Å². The van der Waals surface area contributed by atoms with Gasteiger partial charge in [0.2, 0.25) is 5.95 Å². The Balaban J connectivity index is 2.00. The molecule has 0 radical (unpaired) electrons. The fourth-order valence-electron chi connectivity index (χ4n) is 2.73. The summed E-state index contributed by atoms with van der Waals surface area (Å²) in [6, 6.07) is 0. The Labute approximate surface area is 127 Å². The van der Waals surface area contributed by atoms with Crippen molar-refractivity contribution in [3.8, 4) is 0 Å². The van der Waals surface area contributed by atoms with Crippen LogP contribution in [0.25, 0.3) is 0 Å². The van der Waals surface area contributed by atoms with Crippen molar-refractivity contribution in [2.24, 2.45) is 0 Å². The zero-order valence-corrected chi connectivity index (χ0v) is 13.7. The van der Waals surface area contributed by atoms with Crippen LogP contribution in [0.1, 0.15) is 19.4 Å². The van der Waals surface area contributed by atoms with Gasteiger partial charge in [0.05, 0.1) is 18.3 Å². The van der Waals surface area contributed by atoms with E-state index in [1.54, 1.807) is 7.11 Å². The van der Waals surface area contributed by atoms with E-state index < -0.39 is 0 Å². The first-order chi connectivity index (χ1) is 9.89. The van der Waals surface area contributed by atoms with Crippen LogP contribution < -0.4 is 4.90 Å². The van der Waals surface area contributed by atoms with Gasteiger partial charge >= 0.3 is 0 Å². The van der Waals surface area contributed by atoms with Gasteiger partial charge in [-0.05, 0) is 13.8 Å². The minimum absolute atomic E-state index is 0.112. The van der Waals surface area contributed by atoms with E-state index in [0.717, 1.165) is 31.1 Å². The molecule has 118 valence electrons. The molecule has 0 N–H and O–H groups in total. The Morgan fingerprint density at radius 3 is 2.62 bits per heavy atom. The zero-order chi connectivity index (χ0) is 15.5. The molecule has 21 heavy (non-hydrogen) atoms. The van der Waals surface area contributed by atoms with Gasteiger partial charge in [-0.3, -0.25) is 4.90 Å². The Kier molecular flexibility index (Phi) is 5.13. The lowest BCUT2D eigenvalue weighted by atomic mass is 10.0. The SMILES string of the molecule is COCC1CN(Cc2cnc(N(C)C)nc2)CC(C)(C)O1. The van der Waals surface area contributed by atoms with Gasteiger partial charge < -0.3 is 14.4 Å². The molecule has 0 aliphatic carbocycles. The topological polar surface area (TPSA) is 50.7 Å². The summed E-state index contributed by atoms with van der Waals surface area (Å²) in [6.07, 6.45) is 3.91. The van der Waals surface area contributed by atoms with Gasteiger partial charge in [-0.25, -0.2) is 9.97 Å². The fraction of sp³-hybridized carbons (Fsp3) is 0.733. The van der Waals surface area contributed by atoms with E-state index in [1.165, 1.54) is 0 Å². The monoisotopic (exact) mass is 294 g/mol. The Bertz CT molecular complexity index is 447. The van der Waals surface area contributed by atoms with Crippen molar-refractivity contribution >= 4 is 5.95 Å². The van der Waals surface area contributed by atoms with Crippen molar-refractivity contribution in [3.05, 3.63) is 18.0 Å². The van der Waals surface area contributed by atoms with E-state index in [4.69, 9.17) is 9.47 Å². The molecule has 1 aromatic heterocycles. The molecule has 1 atom stereocenters. The lowest BCUT2D eigenvalue weighted by molar-refractivity contribution is -0.154. The van der Waals surface area contributed by atoms with Crippen molar-refractivity contribution in [2.75, 3.05) is 45.8 Å². The first-order valence-electron chi connectivity index (χ1n) is 7.27. The summed E-state index contributed by atoms with van der Waals surface area (Å²) in [5.41, 5.74) is 0.959. The number of aromatic nitrogens is 2. The predicted octanol–water partition coefficient (Wildman–Crippen LogP) is 1.17. The second-order valence-corrected chi connectivity index (χ2v) is 6.41. The van der Waals surface area contributed by atoms with Crippen LogP contribution in [0.2, 0.25) is 0 Å². The standard InChI is InChI=1S/C15H26N4O2/c1-15(2)11-19(9-13(21-15)10-20-5)8-12-6-16-14(17-7-12)18(3)4/h6-7,13H,8-11H2,1-5H3. The molecule has 6 nitrogen and oxygen atoms in total. The number of morpholine rings is 1. The largest absolute Gasteiger partial charge is 0.382 e. The van der Waals surface area contributed by atoms with Crippen molar-refractivity contribution in [2.45, 2.75) is 32.1 Å². The normalized spacial score (nSPS) is 22.2. The highest BCUT2D eigenvalue weighted by atomic mass is 16.5. The second kappa shape index (κ2) is 6.68. The molecular formula is C15H26N4O2. The van der Waals surface area contributed by atoms with Gasteiger partial charge in [0, 0.05) is 58.8 Å². The summed E-state index contributed by atoms with van der Waals surface area (Å²) in [7, 11) is 5.59. The van der Waals surface area contributed by atoms with E-state index in [9.17, 15) is 0 Å². The van der Waals surface area contributed by atoms with E-state index >= 15 is 0 Å². The smallest absolute Gasteiger partial charge is 0.224 e. The van der Waals surface area contributed by atoms with Gasteiger partial charge in [-0.2, -0.15) is 0 Å². The van der Waals surface area contributed by atoms with Crippen molar-refractivity contribution in [1.82, 2.24) is 14.9 Å². The third-order valence-corrected chi connectivity index (χ3v) is 3.40. The Morgan fingerprint density at radius 1 is 1.38 bits per heavy atom. The van der Waals surface area contributed by atoms with Crippen molar-refractivity contribution in [1.29, 1.82) is 0 Å². The number of hydrogen-bond donors (Lipinski definition) is 0. The maximum Gasteiger partial charge on any atom is 0.224 e. The second-order valence-electron chi connectivity index (χ2n) is 6.41. The minimum atomic E-state index is -0.161. The Morgan fingerprint density at radius 2 is 2.05 bits per heavy atom. The van der Waals surface area contributed by atoms with E-state index in [2.05, 4.69) is 28.7 Å². The van der Waals surface area contributed by atoms with Crippen molar-refractivity contribution < 1.29 is 9.47 Å². The van der Waals surface area contributed by atoms with Crippen LogP contribution in [-0.4, -0.2) is 67.5 Å². The molecule has 0 aromatic carbocycles. The molecular weight excluding hydrogens is 268 g/mol. The van der Waals surface area contributed by atoms with Gasteiger partial charge in [0.25, 0.3) is 0 Å². The molecule has 1 aliphatic rings. The van der Waals surface area contributed by atoms with Crippen LogP contribution in [0, 0.1) is 0 Å². The highest BCUT2D eigenvalue weighted by Crippen LogP contribution is 2.22. The van der Waals surface area contributed by atoms with Crippen LogP contribution in [0.3, 0.4) is 0 Å². The molecule has 1 fully saturated rings. The summed E-state index contributed by atoms with van der Waals surface area (Å²) < 4.78 is 11.3. The van der Waals surface area contributed by atoms with E-state index in [-0.39, 0.29) is 11.7 Å². The molecule has 1 saturated heterocycles. The van der Waals surface area contributed by atoms with Gasteiger partial charge in [-0.1, -0.05) is 0 Å². The third kappa shape index (κ3) is 4.62. The molecule has 2 rings (SSSR count). The quantitative estimate of drug-likeness (QED) is 0.812. The molecule has 1 aromatic rings. The highest BCUT2D eigenvalue weighted by molar-refractivity contribution is 5.26. The molecule has 0 spiro atoms. The predicted molar refractivity (Wildman–Crippen MR) is 82.5 cm³/mol. The molecule has 1 aliphatic heterocycles. The minimum Gasteiger partial charge on any atom is -0.382 e. The summed E-state index contributed by atoms with van der Waals surface area (Å²) >= 11 is 0. The molecule has 2 heterocycles. The van der Waals surface area contributed by atoms with Gasteiger partial charge in [0.15, 0.2) is 0 Å². The Hall–Kier alpha value is -1.24. The van der Waals surface area contributed by atoms with Crippen LogP contribution >= 0.6 is 0 Å². The number of ether oxygens (including phenoxy) is 2. The number of anilines is 1. The summed E-state index contributed by atoms with van der Waals surface area (Å²) in [6.45, 7) is 7.45. The molecule has 6 heteroatoms. The van der Waals surface area contributed by atoms with Crippen molar-refractivity contribution in [3.63, 3.8) is 0 Å². The average Bonchev–Trinajstić information content (AvgIpc) is 2.37. The maximum absolute atomic E-state index is 6.03. The molecule has 0 saturated carbocycles. The molecule has 1 unspecified atom stereocenters. The fourth-order valence-corrected chi connectivity index (χ4v) is 2.73. The highest BCUT2D eigenvalue weighted by Gasteiger charge is 2.33. The van der Waals surface area contributed by atoms with E-state index in [1.807, 2.05) is 31.4 Å². The lowest BCUT2D eigenvalue weighted by Gasteiger charge is -2.42. The summed E-state index contributed by atoms with van der Waals surface area (Å²) in [4.78, 5) is 13.0. The summed E-state index contributed by atoms with van der Waals surface area (Å²) in [5, 5.41) is 0. The van der Waals surface area contributed by atoms with Crippen LogP contribution in [-0.2, 0) is 16.0 Å². The first kappa shape index (κ1) is 16.1. The summed E-state index contributed by atoms with van der Waals surface area (Å²) in [5.74, 6) is 0.735. The van der Waals surface area contributed by atoms with Crippen LogP contribution in [0.4, 0.5) is 5.95 Å². The third-order valence-electron chi connectivity index (χ3n) is 3.40. The van der Waals surface area contributed by atoms with E-state index in [0.29, 0.717) is 6.61 Å². The number of nitrogens with zero attached hydrogens (tertiary/aromatic N) is 4. The average molecular weight is 294 g/mol. The lowest BCUT2D eigenvalue weighted by Crippen LogP contribution is -2.53. The van der Waals surface area contributed by atoms with Gasteiger partial charge in [-0.15, -0.1) is 0 Å². The maximum atomic E-state index is 6.03. The number of methoxy groups -OCH3 is 1.